The summed E-state index contributed by atoms with van der Waals surface area (Å²) >= 11 is 0. The maximum Gasteiger partial charge on any atom is 0.225 e. The van der Waals surface area contributed by atoms with E-state index in [0.29, 0.717) is 12.5 Å². The Morgan fingerprint density at radius 1 is 1.41 bits per heavy atom. The topological polar surface area (TPSA) is 46.3 Å². The van der Waals surface area contributed by atoms with Crippen molar-refractivity contribution < 1.29 is 4.79 Å². The second-order valence-corrected chi connectivity index (χ2v) is 5.36. The van der Waals surface area contributed by atoms with Crippen LogP contribution < -0.4 is 5.73 Å². The number of rotatable bonds is 5. The number of hydrogen-bond acceptors (Lipinski definition) is 2. The molecule has 1 saturated heterocycles. The molecule has 0 aromatic carbocycles. The number of nitrogens with two attached hydrogens (primary N) is 1. The summed E-state index contributed by atoms with van der Waals surface area (Å²) in [6.07, 6.45) is 6.79. The molecule has 0 bridgehead atoms. The van der Waals surface area contributed by atoms with Crippen LogP contribution in [-0.4, -0.2) is 30.4 Å². The average molecular weight is 240 g/mol. The molecule has 1 rings (SSSR count). The fraction of sp³-hybridized carbons (Fsp3) is 0.929. The molecular weight excluding hydrogens is 212 g/mol. The van der Waals surface area contributed by atoms with E-state index < -0.39 is 0 Å². The van der Waals surface area contributed by atoms with Gasteiger partial charge in [0.25, 0.3) is 0 Å². The molecule has 3 heteroatoms. The molecule has 100 valence electrons. The van der Waals surface area contributed by atoms with Crippen molar-refractivity contribution in [2.45, 2.75) is 52.4 Å². The predicted molar refractivity (Wildman–Crippen MR) is 71.7 cm³/mol. The monoisotopic (exact) mass is 240 g/mol. The van der Waals surface area contributed by atoms with Crippen LogP contribution in [0.5, 0.6) is 0 Å². The fourth-order valence-electron chi connectivity index (χ4n) is 2.65. The van der Waals surface area contributed by atoms with Crippen molar-refractivity contribution in [2.75, 3.05) is 19.6 Å². The summed E-state index contributed by atoms with van der Waals surface area (Å²) in [4.78, 5) is 14.3. The lowest BCUT2D eigenvalue weighted by Gasteiger charge is -2.24. The molecule has 1 amide bonds. The van der Waals surface area contributed by atoms with Crippen LogP contribution in [0.25, 0.3) is 0 Å². The average Bonchev–Trinajstić information content (AvgIpc) is 2.60. The van der Waals surface area contributed by atoms with E-state index in [4.69, 9.17) is 5.73 Å². The summed E-state index contributed by atoms with van der Waals surface area (Å²) in [5.41, 5.74) is 5.49. The molecule has 2 unspecified atom stereocenters. The van der Waals surface area contributed by atoms with E-state index in [0.717, 1.165) is 31.8 Å². The standard InChI is InChI=1S/C14H28N2O/c1-3-13-7-5-10-16(11-8-13)14(17)12(2)6-4-9-15/h12-13H,3-11,15H2,1-2H3. The van der Waals surface area contributed by atoms with Crippen LogP contribution in [-0.2, 0) is 4.79 Å². The van der Waals surface area contributed by atoms with Crippen LogP contribution in [0.15, 0.2) is 0 Å². The summed E-state index contributed by atoms with van der Waals surface area (Å²) in [6.45, 7) is 6.91. The zero-order valence-electron chi connectivity index (χ0n) is 11.5. The minimum Gasteiger partial charge on any atom is -0.342 e. The normalized spacial score (nSPS) is 23.2. The van der Waals surface area contributed by atoms with Crippen molar-refractivity contribution in [2.24, 2.45) is 17.6 Å². The zero-order valence-corrected chi connectivity index (χ0v) is 11.5. The second kappa shape index (κ2) is 7.70. The quantitative estimate of drug-likeness (QED) is 0.802. The molecule has 1 heterocycles. The molecule has 1 aliphatic heterocycles. The van der Waals surface area contributed by atoms with Gasteiger partial charge in [0.15, 0.2) is 0 Å². The summed E-state index contributed by atoms with van der Waals surface area (Å²) in [7, 11) is 0. The Morgan fingerprint density at radius 2 is 2.18 bits per heavy atom. The molecule has 1 aliphatic rings. The Bertz CT molecular complexity index is 230. The zero-order chi connectivity index (χ0) is 12.7. The van der Waals surface area contributed by atoms with Crippen molar-refractivity contribution >= 4 is 5.91 Å². The highest BCUT2D eigenvalue weighted by Gasteiger charge is 2.23. The molecule has 0 aromatic heterocycles. The summed E-state index contributed by atoms with van der Waals surface area (Å²) in [5, 5.41) is 0. The van der Waals surface area contributed by atoms with Gasteiger partial charge in [0.2, 0.25) is 5.91 Å². The molecule has 2 atom stereocenters. The number of hydrogen-bond donors (Lipinski definition) is 1. The van der Waals surface area contributed by atoms with E-state index in [1.54, 1.807) is 0 Å². The van der Waals surface area contributed by atoms with Crippen molar-refractivity contribution in [3.63, 3.8) is 0 Å². The summed E-state index contributed by atoms with van der Waals surface area (Å²) < 4.78 is 0. The number of amides is 1. The first-order valence-electron chi connectivity index (χ1n) is 7.17. The van der Waals surface area contributed by atoms with Gasteiger partial charge < -0.3 is 10.6 Å². The van der Waals surface area contributed by atoms with E-state index in [1.165, 1.54) is 25.7 Å². The maximum atomic E-state index is 12.2. The maximum absolute atomic E-state index is 12.2. The van der Waals surface area contributed by atoms with Gasteiger partial charge in [-0.25, -0.2) is 0 Å². The van der Waals surface area contributed by atoms with E-state index in [1.807, 2.05) is 6.92 Å². The smallest absolute Gasteiger partial charge is 0.225 e. The van der Waals surface area contributed by atoms with Gasteiger partial charge in [0.05, 0.1) is 0 Å². The van der Waals surface area contributed by atoms with Crippen LogP contribution in [0, 0.1) is 11.8 Å². The van der Waals surface area contributed by atoms with Gasteiger partial charge in [-0.05, 0) is 44.6 Å². The molecule has 2 N–H and O–H groups in total. The van der Waals surface area contributed by atoms with E-state index in [-0.39, 0.29) is 5.92 Å². The van der Waals surface area contributed by atoms with E-state index in [9.17, 15) is 4.79 Å². The minimum atomic E-state index is 0.150. The third-order valence-electron chi connectivity index (χ3n) is 4.00. The van der Waals surface area contributed by atoms with Crippen LogP contribution in [0.2, 0.25) is 0 Å². The molecule has 3 nitrogen and oxygen atoms in total. The van der Waals surface area contributed by atoms with Crippen LogP contribution in [0.1, 0.15) is 52.4 Å². The molecule has 0 radical (unpaired) electrons. The summed E-state index contributed by atoms with van der Waals surface area (Å²) in [6, 6.07) is 0. The van der Waals surface area contributed by atoms with Crippen LogP contribution in [0.3, 0.4) is 0 Å². The number of likely N-dealkylation sites (tertiary alicyclic amines) is 1. The van der Waals surface area contributed by atoms with Gasteiger partial charge in [-0.1, -0.05) is 20.3 Å². The number of nitrogens with zero attached hydrogens (tertiary/aromatic N) is 1. The highest BCUT2D eigenvalue weighted by Crippen LogP contribution is 2.21. The van der Waals surface area contributed by atoms with Crippen LogP contribution >= 0.6 is 0 Å². The lowest BCUT2D eigenvalue weighted by Crippen LogP contribution is -2.36. The molecule has 0 spiro atoms. The van der Waals surface area contributed by atoms with Crippen LogP contribution in [0.4, 0.5) is 0 Å². The fourth-order valence-corrected chi connectivity index (χ4v) is 2.65. The Hall–Kier alpha value is -0.570. The van der Waals surface area contributed by atoms with Gasteiger partial charge >= 0.3 is 0 Å². The predicted octanol–water partition coefficient (Wildman–Crippen LogP) is 2.40. The highest BCUT2D eigenvalue weighted by atomic mass is 16.2. The van der Waals surface area contributed by atoms with Gasteiger partial charge in [-0.15, -0.1) is 0 Å². The Balaban J connectivity index is 2.40. The molecule has 1 fully saturated rings. The SMILES string of the molecule is CCC1CCCN(C(=O)C(C)CCCN)CC1. The third-order valence-corrected chi connectivity index (χ3v) is 4.00. The van der Waals surface area contributed by atoms with Gasteiger partial charge in [-0.2, -0.15) is 0 Å². The Kier molecular flexibility index (Phi) is 6.56. The lowest BCUT2D eigenvalue weighted by atomic mass is 9.98. The Morgan fingerprint density at radius 3 is 2.82 bits per heavy atom. The van der Waals surface area contributed by atoms with Crippen molar-refractivity contribution in [1.82, 2.24) is 4.90 Å². The van der Waals surface area contributed by atoms with Gasteiger partial charge in [0.1, 0.15) is 0 Å². The minimum absolute atomic E-state index is 0.150. The molecule has 0 aromatic rings. The Labute approximate surface area is 106 Å². The molecular formula is C14H28N2O. The lowest BCUT2D eigenvalue weighted by molar-refractivity contribution is -0.135. The van der Waals surface area contributed by atoms with E-state index >= 15 is 0 Å². The third kappa shape index (κ3) is 4.66. The van der Waals surface area contributed by atoms with Crippen molar-refractivity contribution in [3.8, 4) is 0 Å². The first kappa shape index (κ1) is 14.5. The highest BCUT2D eigenvalue weighted by molar-refractivity contribution is 5.78. The van der Waals surface area contributed by atoms with Gasteiger partial charge in [0, 0.05) is 19.0 Å². The van der Waals surface area contributed by atoms with Gasteiger partial charge in [-0.3, -0.25) is 4.79 Å². The largest absolute Gasteiger partial charge is 0.342 e. The first-order chi connectivity index (χ1) is 8.19. The van der Waals surface area contributed by atoms with Crippen molar-refractivity contribution in [1.29, 1.82) is 0 Å². The van der Waals surface area contributed by atoms with E-state index in [2.05, 4.69) is 11.8 Å². The number of carbonyl (C=O) groups excluding carboxylic acids is 1. The second-order valence-electron chi connectivity index (χ2n) is 5.36. The molecule has 17 heavy (non-hydrogen) atoms. The summed E-state index contributed by atoms with van der Waals surface area (Å²) in [5.74, 6) is 1.32. The first-order valence-corrected chi connectivity index (χ1v) is 7.17. The molecule has 0 aliphatic carbocycles. The number of carbonyl (C=O) groups is 1. The molecule has 0 saturated carbocycles. The van der Waals surface area contributed by atoms with Crippen molar-refractivity contribution in [3.05, 3.63) is 0 Å².